The van der Waals surface area contributed by atoms with E-state index in [4.69, 9.17) is 5.73 Å². The van der Waals surface area contributed by atoms with Gasteiger partial charge in [-0.05, 0) is 30.9 Å². The number of para-hydroxylation sites is 1. The fraction of sp³-hybridized carbons (Fsp3) is 0.364. The van der Waals surface area contributed by atoms with Crippen LogP contribution in [0.2, 0.25) is 0 Å². The number of nitrogens with one attached hydrogen (secondary N) is 1. The summed E-state index contributed by atoms with van der Waals surface area (Å²) in [6, 6.07) is 5.84. The van der Waals surface area contributed by atoms with Crippen LogP contribution in [0.5, 0.6) is 0 Å². The highest BCUT2D eigenvalue weighted by atomic mass is 19.1. The smallest absolute Gasteiger partial charge is 0.240 e. The van der Waals surface area contributed by atoms with Gasteiger partial charge in [0.05, 0.1) is 5.69 Å². The van der Waals surface area contributed by atoms with Crippen molar-refractivity contribution in [1.29, 1.82) is 0 Å². The summed E-state index contributed by atoms with van der Waals surface area (Å²) in [6.45, 7) is 0. The number of hydrogen-bond acceptors (Lipinski definition) is 2. The van der Waals surface area contributed by atoms with Gasteiger partial charge in [-0.15, -0.1) is 0 Å². The number of carbonyl (C=O) groups excluding carboxylic acids is 1. The Morgan fingerprint density at radius 2 is 2.13 bits per heavy atom. The minimum atomic E-state index is -0.443. The number of anilines is 1. The molecule has 1 aromatic carbocycles. The summed E-state index contributed by atoms with van der Waals surface area (Å²) in [6.07, 6.45) is 1.96. The zero-order valence-corrected chi connectivity index (χ0v) is 8.24. The Morgan fingerprint density at radius 1 is 1.47 bits per heavy atom. The monoisotopic (exact) mass is 208 g/mol. The first kappa shape index (κ1) is 9.96. The van der Waals surface area contributed by atoms with Crippen LogP contribution in [0, 0.1) is 11.7 Å². The van der Waals surface area contributed by atoms with E-state index in [-0.39, 0.29) is 11.7 Å². The molecule has 1 aliphatic rings. The topological polar surface area (TPSA) is 55.1 Å². The van der Waals surface area contributed by atoms with Gasteiger partial charge >= 0.3 is 0 Å². The van der Waals surface area contributed by atoms with Gasteiger partial charge in [0.1, 0.15) is 11.9 Å². The van der Waals surface area contributed by atoms with Crippen molar-refractivity contribution in [3.05, 3.63) is 30.1 Å². The molecule has 1 saturated carbocycles. The molecule has 0 spiro atoms. The maximum atomic E-state index is 13.3. The number of amides is 1. The Hall–Kier alpha value is -1.58. The quantitative estimate of drug-likeness (QED) is 0.787. The molecule has 4 heteroatoms. The van der Waals surface area contributed by atoms with E-state index in [1.807, 2.05) is 0 Å². The molecule has 1 amide bonds. The number of carbonyl (C=O) groups is 1. The summed E-state index contributed by atoms with van der Waals surface area (Å²) in [5, 5.41) is 2.86. The third-order valence-corrected chi connectivity index (χ3v) is 2.58. The number of hydrogen-bond donors (Lipinski definition) is 2. The molecule has 0 radical (unpaired) electrons. The molecule has 1 aromatic rings. The Bertz CT molecular complexity index is 377. The van der Waals surface area contributed by atoms with Gasteiger partial charge in [-0.1, -0.05) is 12.1 Å². The molecule has 15 heavy (non-hydrogen) atoms. The van der Waals surface area contributed by atoms with E-state index < -0.39 is 11.9 Å². The summed E-state index contributed by atoms with van der Waals surface area (Å²) in [5.74, 6) is -0.507. The predicted octanol–water partition coefficient (Wildman–Crippen LogP) is 1.50. The lowest BCUT2D eigenvalue weighted by molar-refractivity contribution is -0.119. The van der Waals surface area contributed by atoms with Crippen LogP contribution in [0.15, 0.2) is 24.3 Å². The zero-order valence-electron chi connectivity index (χ0n) is 8.24. The highest BCUT2D eigenvalue weighted by Crippen LogP contribution is 2.34. The standard InChI is InChI=1S/C11H13FN2O/c12-8-3-1-2-4-9(8)14-10(11(13)15)7-5-6-7/h1-4,7,10,14H,5-6H2,(H2,13,15). The average Bonchev–Trinajstić information content (AvgIpc) is 2.99. The highest BCUT2D eigenvalue weighted by molar-refractivity contribution is 5.83. The van der Waals surface area contributed by atoms with Crippen LogP contribution in [-0.2, 0) is 4.79 Å². The van der Waals surface area contributed by atoms with E-state index in [0.29, 0.717) is 5.69 Å². The molecule has 0 bridgehead atoms. The molecule has 0 aliphatic heterocycles. The van der Waals surface area contributed by atoms with Gasteiger partial charge in [0.2, 0.25) is 5.91 Å². The second-order valence-corrected chi connectivity index (χ2v) is 3.84. The van der Waals surface area contributed by atoms with Crippen molar-refractivity contribution in [3.63, 3.8) is 0 Å². The van der Waals surface area contributed by atoms with Crippen LogP contribution in [-0.4, -0.2) is 11.9 Å². The molecule has 1 atom stereocenters. The van der Waals surface area contributed by atoms with Crippen molar-refractivity contribution in [1.82, 2.24) is 0 Å². The first-order valence-electron chi connectivity index (χ1n) is 4.99. The van der Waals surface area contributed by atoms with E-state index >= 15 is 0 Å². The van der Waals surface area contributed by atoms with Gasteiger partial charge in [0, 0.05) is 0 Å². The predicted molar refractivity (Wildman–Crippen MR) is 55.7 cm³/mol. The molecule has 1 aliphatic carbocycles. The first-order valence-corrected chi connectivity index (χ1v) is 4.99. The average molecular weight is 208 g/mol. The van der Waals surface area contributed by atoms with Crippen LogP contribution in [0.4, 0.5) is 10.1 Å². The molecule has 1 unspecified atom stereocenters. The first-order chi connectivity index (χ1) is 7.18. The molecular formula is C11H13FN2O. The molecule has 1 fully saturated rings. The maximum Gasteiger partial charge on any atom is 0.240 e. The van der Waals surface area contributed by atoms with E-state index in [2.05, 4.69) is 5.32 Å². The second-order valence-electron chi connectivity index (χ2n) is 3.84. The Kier molecular flexibility index (Phi) is 2.58. The molecule has 0 saturated heterocycles. The van der Waals surface area contributed by atoms with Crippen molar-refractivity contribution >= 4 is 11.6 Å². The Balaban J connectivity index is 2.12. The molecule has 3 nitrogen and oxygen atoms in total. The third-order valence-electron chi connectivity index (χ3n) is 2.58. The van der Waals surface area contributed by atoms with Crippen LogP contribution in [0.1, 0.15) is 12.8 Å². The molecule has 2 rings (SSSR count). The minimum absolute atomic E-state index is 0.266. The Labute approximate surface area is 87.5 Å². The van der Waals surface area contributed by atoms with Crippen molar-refractivity contribution in [3.8, 4) is 0 Å². The normalized spacial score (nSPS) is 17.1. The maximum absolute atomic E-state index is 13.3. The van der Waals surface area contributed by atoms with Gasteiger partial charge in [-0.3, -0.25) is 4.79 Å². The van der Waals surface area contributed by atoms with Gasteiger partial charge < -0.3 is 11.1 Å². The lowest BCUT2D eigenvalue weighted by Crippen LogP contribution is -2.37. The fourth-order valence-electron chi connectivity index (χ4n) is 1.60. The molecule has 0 aromatic heterocycles. The SMILES string of the molecule is NC(=O)C(Nc1ccccc1F)C1CC1. The summed E-state index contributed by atoms with van der Waals surface area (Å²) in [5.41, 5.74) is 5.59. The summed E-state index contributed by atoms with van der Waals surface area (Å²) in [7, 11) is 0. The van der Waals surface area contributed by atoms with Gasteiger partial charge in [-0.25, -0.2) is 4.39 Å². The third kappa shape index (κ3) is 2.26. The summed E-state index contributed by atoms with van der Waals surface area (Å²) >= 11 is 0. The van der Waals surface area contributed by atoms with E-state index in [0.717, 1.165) is 12.8 Å². The van der Waals surface area contributed by atoms with Crippen LogP contribution < -0.4 is 11.1 Å². The van der Waals surface area contributed by atoms with E-state index in [1.165, 1.54) is 6.07 Å². The summed E-state index contributed by atoms with van der Waals surface area (Å²) in [4.78, 5) is 11.1. The second kappa shape index (κ2) is 3.88. The number of nitrogens with two attached hydrogens (primary N) is 1. The van der Waals surface area contributed by atoms with Gasteiger partial charge in [0.25, 0.3) is 0 Å². The van der Waals surface area contributed by atoms with Gasteiger partial charge in [0.15, 0.2) is 0 Å². The van der Waals surface area contributed by atoms with Crippen LogP contribution >= 0.6 is 0 Å². The van der Waals surface area contributed by atoms with Crippen molar-refractivity contribution in [2.45, 2.75) is 18.9 Å². The molecular weight excluding hydrogens is 195 g/mol. The fourth-order valence-corrected chi connectivity index (χ4v) is 1.60. The number of benzene rings is 1. The number of halogens is 1. The van der Waals surface area contributed by atoms with Crippen LogP contribution in [0.3, 0.4) is 0 Å². The molecule has 3 N–H and O–H groups in total. The van der Waals surface area contributed by atoms with E-state index in [1.54, 1.807) is 18.2 Å². The van der Waals surface area contributed by atoms with Gasteiger partial charge in [-0.2, -0.15) is 0 Å². The largest absolute Gasteiger partial charge is 0.371 e. The molecule has 80 valence electrons. The van der Waals surface area contributed by atoms with Crippen molar-refractivity contribution < 1.29 is 9.18 Å². The highest BCUT2D eigenvalue weighted by Gasteiger charge is 2.35. The van der Waals surface area contributed by atoms with Crippen molar-refractivity contribution in [2.75, 3.05) is 5.32 Å². The Morgan fingerprint density at radius 3 is 2.67 bits per heavy atom. The van der Waals surface area contributed by atoms with E-state index in [9.17, 15) is 9.18 Å². The minimum Gasteiger partial charge on any atom is -0.371 e. The zero-order chi connectivity index (χ0) is 10.8. The number of rotatable bonds is 4. The van der Waals surface area contributed by atoms with Crippen molar-refractivity contribution in [2.24, 2.45) is 11.7 Å². The van der Waals surface area contributed by atoms with Crippen LogP contribution in [0.25, 0.3) is 0 Å². The summed E-state index contributed by atoms with van der Waals surface area (Å²) < 4.78 is 13.3. The lowest BCUT2D eigenvalue weighted by Gasteiger charge is -2.16. The lowest BCUT2D eigenvalue weighted by atomic mass is 10.1. The molecule has 0 heterocycles. The number of primary amides is 1.